The van der Waals surface area contributed by atoms with E-state index in [1.54, 1.807) is 39.1 Å². The predicted molar refractivity (Wildman–Crippen MR) is 75.3 cm³/mol. The molecule has 0 fully saturated rings. The number of aliphatic hydroxyl groups is 1. The SMILES string of the molecule is CCOc1cc(N)cc(C(=O)N(C)C(C)(C)CO)c1. The van der Waals surface area contributed by atoms with E-state index in [0.29, 0.717) is 23.6 Å². The molecular weight excluding hydrogens is 244 g/mol. The van der Waals surface area contributed by atoms with Gasteiger partial charge in [-0.2, -0.15) is 0 Å². The summed E-state index contributed by atoms with van der Waals surface area (Å²) in [6.07, 6.45) is 0. The Morgan fingerprint density at radius 1 is 1.42 bits per heavy atom. The van der Waals surface area contributed by atoms with Gasteiger partial charge < -0.3 is 20.5 Å². The molecule has 0 aliphatic carbocycles. The van der Waals surface area contributed by atoms with Crippen LogP contribution in [-0.4, -0.2) is 41.7 Å². The smallest absolute Gasteiger partial charge is 0.254 e. The van der Waals surface area contributed by atoms with E-state index in [9.17, 15) is 9.90 Å². The van der Waals surface area contributed by atoms with Gasteiger partial charge in [0.15, 0.2) is 0 Å². The number of nitrogens with zero attached hydrogens (tertiary/aromatic N) is 1. The summed E-state index contributed by atoms with van der Waals surface area (Å²) in [4.78, 5) is 13.9. The zero-order valence-electron chi connectivity index (χ0n) is 11.9. The van der Waals surface area contributed by atoms with Crippen LogP contribution in [0.4, 0.5) is 5.69 Å². The molecule has 3 N–H and O–H groups in total. The molecule has 0 radical (unpaired) electrons. The van der Waals surface area contributed by atoms with Crippen molar-refractivity contribution in [3.05, 3.63) is 23.8 Å². The number of benzene rings is 1. The second kappa shape index (κ2) is 5.93. The first-order valence-electron chi connectivity index (χ1n) is 6.24. The topological polar surface area (TPSA) is 75.8 Å². The summed E-state index contributed by atoms with van der Waals surface area (Å²) in [7, 11) is 1.65. The standard InChI is InChI=1S/C14H22N2O3/c1-5-19-12-7-10(6-11(15)8-12)13(18)16(4)14(2,3)9-17/h6-8,17H,5,9,15H2,1-4H3. The highest BCUT2D eigenvalue weighted by Crippen LogP contribution is 2.22. The molecular formula is C14H22N2O3. The van der Waals surface area contributed by atoms with Crippen molar-refractivity contribution < 1.29 is 14.6 Å². The third-order valence-electron chi connectivity index (χ3n) is 3.09. The highest BCUT2D eigenvalue weighted by Gasteiger charge is 2.27. The van der Waals surface area contributed by atoms with E-state index in [2.05, 4.69) is 0 Å². The van der Waals surface area contributed by atoms with Crippen LogP contribution in [0.1, 0.15) is 31.1 Å². The molecule has 0 aromatic heterocycles. The van der Waals surface area contributed by atoms with Crippen molar-refractivity contribution >= 4 is 11.6 Å². The molecule has 1 aromatic carbocycles. The quantitative estimate of drug-likeness (QED) is 0.792. The molecule has 5 nitrogen and oxygen atoms in total. The number of hydrogen-bond donors (Lipinski definition) is 2. The lowest BCUT2D eigenvalue weighted by Gasteiger charge is -2.34. The molecule has 0 heterocycles. The molecule has 1 aromatic rings. The van der Waals surface area contributed by atoms with E-state index in [1.165, 1.54) is 4.90 Å². The van der Waals surface area contributed by atoms with Gasteiger partial charge in [0.2, 0.25) is 0 Å². The van der Waals surface area contributed by atoms with Gasteiger partial charge >= 0.3 is 0 Å². The third kappa shape index (κ3) is 3.61. The first-order valence-corrected chi connectivity index (χ1v) is 6.24. The number of carbonyl (C=O) groups is 1. The number of nitrogens with two attached hydrogens (primary N) is 1. The molecule has 0 spiro atoms. The highest BCUT2D eigenvalue weighted by atomic mass is 16.5. The number of anilines is 1. The normalized spacial score (nSPS) is 11.2. The minimum atomic E-state index is -0.631. The van der Waals surface area contributed by atoms with Gasteiger partial charge in [0.25, 0.3) is 5.91 Å². The molecule has 5 heteroatoms. The van der Waals surface area contributed by atoms with Gasteiger partial charge in [-0.15, -0.1) is 0 Å². The molecule has 1 amide bonds. The maximum absolute atomic E-state index is 12.4. The van der Waals surface area contributed by atoms with Crippen LogP contribution >= 0.6 is 0 Å². The Kier molecular flexibility index (Phi) is 4.78. The molecule has 0 atom stereocenters. The second-order valence-corrected chi connectivity index (χ2v) is 5.06. The van der Waals surface area contributed by atoms with E-state index in [0.717, 1.165) is 0 Å². The van der Waals surface area contributed by atoms with Crippen LogP contribution in [0.25, 0.3) is 0 Å². The average molecular weight is 266 g/mol. The molecule has 0 saturated carbocycles. The van der Waals surface area contributed by atoms with Crippen LogP contribution in [0, 0.1) is 0 Å². The molecule has 1 rings (SSSR count). The maximum atomic E-state index is 12.4. The largest absolute Gasteiger partial charge is 0.494 e. The van der Waals surface area contributed by atoms with Crippen molar-refractivity contribution in [3.8, 4) is 5.75 Å². The fourth-order valence-electron chi connectivity index (χ4n) is 1.57. The molecule has 0 bridgehead atoms. The van der Waals surface area contributed by atoms with Crippen LogP contribution in [0.3, 0.4) is 0 Å². The lowest BCUT2D eigenvalue weighted by atomic mass is 10.0. The fraction of sp³-hybridized carbons (Fsp3) is 0.500. The van der Waals surface area contributed by atoms with Crippen molar-refractivity contribution in [3.63, 3.8) is 0 Å². The van der Waals surface area contributed by atoms with E-state index in [1.807, 2.05) is 6.92 Å². The average Bonchev–Trinajstić information content (AvgIpc) is 2.36. The highest BCUT2D eigenvalue weighted by molar-refractivity contribution is 5.95. The summed E-state index contributed by atoms with van der Waals surface area (Å²) < 4.78 is 5.37. The number of hydrogen-bond acceptors (Lipinski definition) is 4. The van der Waals surface area contributed by atoms with E-state index in [-0.39, 0.29) is 12.5 Å². The summed E-state index contributed by atoms with van der Waals surface area (Å²) in [5, 5.41) is 9.31. The number of ether oxygens (including phenoxy) is 1. The number of carbonyl (C=O) groups excluding carboxylic acids is 1. The predicted octanol–water partition coefficient (Wildman–Crippen LogP) is 1.51. The number of rotatable bonds is 5. The van der Waals surface area contributed by atoms with Gasteiger partial charge in [-0.1, -0.05) is 0 Å². The Morgan fingerprint density at radius 3 is 2.58 bits per heavy atom. The Hall–Kier alpha value is -1.75. The van der Waals surface area contributed by atoms with Gasteiger partial charge in [-0.05, 0) is 32.9 Å². The Bertz CT molecular complexity index is 458. The molecule has 0 aliphatic rings. The minimum absolute atomic E-state index is 0.115. The Labute approximate surface area is 114 Å². The summed E-state index contributed by atoms with van der Waals surface area (Å²) in [5.41, 5.74) is 6.07. The Balaban J connectivity index is 3.05. The van der Waals surface area contributed by atoms with Gasteiger partial charge in [0.1, 0.15) is 5.75 Å². The lowest BCUT2D eigenvalue weighted by molar-refractivity contribution is 0.0473. The van der Waals surface area contributed by atoms with Crippen LogP contribution in [0.5, 0.6) is 5.75 Å². The van der Waals surface area contributed by atoms with E-state index < -0.39 is 5.54 Å². The van der Waals surface area contributed by atoms with Crippen molar-refractivity contribution in [2.45, 2.75) is 26.3 Å². The molecule has 19 heavy (non-hydrogen) atoms. The third-order valence-corrected chi connectivity index (χ3v) is 3.09. The fourth-order valence-corrected chi connectivity index (χ4v) is 1.57. The lowest BCUT2D eigenvalue weighted by Crippen LogP contribution is -2.47. The summed E-state index contributed by atoms with van der Waals surface area (Å²) in [6.45, 7) is 5.85. The van der Waals surface area contributed by atoms with Crippen molar-refractivity contribution in [1.29, 1.82) is 0 Å². The maximum Gasteiger partial charge on any atom is 0.254 e. The summed E-state index contributed by atoms with van der Waals surface area (Å²) >= 11 is 0. The zero-order chi connectivity index (χ0) is 14.6. The van der Waals surface area contributed by atoms with Gasteiger partial charge in [0.05, 0.1) is 18.8 Å². The first-order chi connectivity index (χ1) is 8.81. The Morgan fingerprint density at radius 2 is 2.05 bits per heavy atom. The monoisotopic (exact) mass is 266 g/mol. The zero-order valence-corrected chi connectivity index (χ0v) is 11.9. The van der Waals surface area contributed by atoms with Crippen LogP contribution < -0.4 is 10.5 Å². The van der Waals surface area contributed by atoms with Gasteiger partial charge in [-0.25, -0.2) is 0 Å². The minimum Gasteiger partial charge on any atom is -0.494 e. The number of likely N-dealkylation sites (N-methyl/N-ethyl adjacent to an activating group) is 1. The second-order valence-electron chi connectivity index (χ2n) is 5.06. The summed E-state index contributed by atoms with van der Waals surface area (Å²) in [6, 6.07) is 4.94. The first kappa shape index (κ1) is 15.3. The molecule has 0 aliphatic heterocycles. The van der Waals surface area contributed by atoms with Crippen LogP contribution in [0.2, 0.25) is 0 Å². The molecule has 106 valence electrons. The number of amides is 1. The van der Waals surface area contributed by atoms with E-state index >= 15 is 0 Å². The van der Waals surface area contributed by atoms with Crippen molar-refractivity contribution in [1.82, 2.24) is 4.90 Å². The van der Waals surface area contributed by atoms with Crippen LogP contribution in [0.15, 0.2) is 18.2 Å². The van der Waals surface area contributed by atoms with E-state index in [4.69, 9.17) is 10.5 Å². The van der Waals surface area contributed by atoms with Crippen molar-refractivity contribution in [2.75, 3.05) is 26.0 Å². The van der Waals surface area contributed by atoms with Gasteiger partial charge in [-0.3, -0.25) is 4.79 Å². The molecule has 0 saturated heterocycles. The van der Waals surface area contributed by atoms with Gasteiger partial charge in [0, 0.05) is 24.4 Å². The van der Waals surface area contributed by atoms with Crippen molar-refractivity contribution in [2.24, 2.45) is 0 Å². The number of aliphatic hydroxyl groups excluding tert-OH is 1. The number of nitrogen functional groups attached to an aromatic ring is 1. The molecule has 0 unspecified atom stereocenters. The summed E-state index contributed by atoms with van der Waals surface area (Å²) in [5.74, 6) is 0.369. The van der Waals surface area contributed by atoms with Crippen LogP contribution in [-0.2, 0) is 0 Å².